The first-order valence-electron chi connectivity index (χ1n) is 6.87. The van der Waals surface area contributed by atoms with Crippen LogP contribution in [-0.2, 0) is 6.42 Å². The number of anilines is 1. The average Bonchev–Trinajstić information content (AvgIpc) is 2.45. The lowest BCUT2D eigenvalue weighted by Crippen LogP contribution is -2.29. The molecule has 0 bridgehead atoms. The second-order valence-corrected chi connectivity index (χ2v) is 5.56. The van der Waals surface area contributed by atoms with Gasteiger partial charge in [0.25, 0.3) is 0 Å². The van der Waals surface area contributed by atoms with Crippen molar-refractivity contribution in [2.24, 2.45) is 0 Å². The van der Waals surface area contributed by atoms with Crippen LogP contribution in [0.2, 0.25) is 5.02 Å². The summed E-state index contributed by atoms with van der Waals surface area (Å²) in [5.41, 5.74) is 2.13. The topological polar surface area (TPSA) is 37.0 Å². The highest BCUT2D eigenvalue weighted by Gasteiger charge is 2.01. The lowest BCUT2D eigenvalue weighted by atomic mass is 10.1. The largest absolute Gasteiger partial charge is 0.362 e. The standard InChI is InChI=1S/C16H18ClN3S/c1-12-6-4-10-15(19-12)20-16(21)18-11-5-8-13-7-2-3-9-14(13)17/h2-4,6-7,9-10H,5,8,11H2,1H3,(H2,18,19,20,21). The minimum atomic E-state index is 0.590. The Balaban J connectivity index is 1.71. The Labute approximate surface area is 135 Å². The summed E-state index contributed by atoms with van der Waals surface area (Å²) in [6.07, 6.45) is 1.89. The summed E-state index contributed by atoms with van der Waals surface area (Å²) in [5, 5.41) is 7.66. The Kier molecular flexibility index (Phi) is 5.96. The fourth-order valence-electron chi connectivity index (χ4n) is 1.96. The number of benzene rings is 1. The molecule has 0 aliphatic carbocycles. The fraction of sp³-hybridized carbons (Fsp3) is 0.250. The summed E-state index contributed by atoms with van der Waals surface area (Å²) in [6.45, 7) is 2.74. The van der Waals surface area contributed by atoms with Crippen molar-refractivity contribution in [3.8, 4) is 0 Å². The number of nitrogens with one attached hydrogen (secondary N) is 2. The predicted molar refractivity (Wildman–Crippen MR) is 93.0 cm³/mol. The van der Waals surface area contributed by atoms with E-state index in [2.05, 4.69) is 21.7 Å². The summed E-state index contributed by atoms with van der Waals surface area (Å²) >= 11 is 11.4. The van der Waals surface area contributed by atoms with Gasteiger partial charge in [-0.15, -0.1) is 0 Å². The highest BCUT2D eigenvalue weighted by molar-refractivity contribution is 7.80. The zero-order valence-electron chi connectivity index (χ0n) is 11.9. The molecule has 21 heavy (non-hydrogen) atoms. The summed E-state index contributed by atoms with van der Waals surface area (Å²) in [5.74, 6) is 0.763. The molecular weight excluding hydrogens is 302 g/mol. The molecule has 5 heteroatoms. The first-order valence-corrected chi connectivity index (χ1v) is 7.66. The van der Waals surface area contributed by atoms with Crippen LogP contribution >= 0.6 is 23.8 Å². The molecule has 1 heterocycles. The molecule has 2 rings (SSSR count). The van der Waals surface area contributed by atoms with Gasteiger partial charge in [0.05, 0.1) is 0 Å². The number of pyridine rings is 1. The molecule has 0 saturated heterocycles. The summed E-state index contributed by atoms with van der Waals surface area (Å²) < 4.78 is 0. The van der Waals surface area contributed by atoms with Crippen LogP contribution in [-0.4, -0.2) is 16.6 Å². The van der Waals surface area contributed by atoms with E-state index in [1.165, 1.54) is 5.56 Å². The van der Waals surface area contributed by atoms with E-state index in [4.69, 9.17) is 23.8 Å². The van der Waals surface area contributed by atoms with Gasteiger partial charge in [0.2, 0.25) is 0 Å². The Bertz CT molecular complexity index is 616. The molecule has 0 aliphatic heterocycles. The monoisotopic (exact) mass is 319 g/mol. The third-order valence-corrected chi connectivity index (χ3v) is 3.61. The molecule has 110 valence electrons. The molecule has 2 N–H and O–H groups in total. The van der Waals surface area contributed by atoms with E-state index in [1.807, 2.05) is 43.3 Å². The lowest BCUT2D eigenvalue weighted by molar-refractivity contribution is 0.777. The molecule has 0 radical (unpaired) electrons. The van der Waals surface area contributed by atoms with Gasteiger partial charge < -0.3 is 10.6 Å². The molecule has 0 atom stereocenters. The van der Waals surface area contributed by atoms with E-state index >= 15 is 0 Å². The van der Waals surface area contributed by atoms with Crippen LogP contribution in [0.3, 0.4) is 0 Å². The van der Waals surface area contributed by atoms with Gasteiger partial charge in [-0.2, -0.15) is 0 Å². The van der Waals surface area contributed by atoms with Gasteiger partial charge in [-0.1, -0.05) is 35.9 Å². The fourth-order valence-corrected chi connectivity index (χ4v) is 2.39. The molecule has 2 aromatic rings. The Morgan fingerprint density at radius 1 is 1.19 bits per heavy atom. The quantitative estimate of drug-likeness (QED) is 0.646. The Morgan fingerprint density at radius 3 is 2.76 bits per heavy atom. The minimum absolute atomic E-state index is 0.590. The molecule has 1 aromatic carbocycles. The number of aromatic nitrogens is 1. The van der Waals surface area contributed by atoms with E-state index in [1.54, 1.807) is 0 Å². The van der Waals surface area contributed by atoms with Crippen LogP contribution in [0.4, 0.5) is 5.82 Å². The molecule has 0 unspecified atom stereocenters. The van der Waals surface area contributed by atoms with Crippen molar-refractivity contribution in [1.29, 1.82) is 0 Å². The highest BCUT2D eigenvalue weighted by Crippen LogP contribution is 2.16. The Hall–Kier alpha value is -1.65. The number of nitrogens with zero attached hydrogens (tertiary/aromatic N) is 1. The van der Waals surface area contributed by atoms with Crippen LogP contribution in [0.15, 0.2) is 42.5 Å². The van der Waals surface area contributed by atoms with E-state index in [0.29, 0.717) is 5.11 Å². The van der Waals surface area contributed by atoms with Gasteiger partial charge in [-0.3, -0.25) is 0 Å². The van der Waals surface area contributed by atoms with E-state index in [0.717, 1.165) is 35.9 Å². The third kappa shape index (κ3) is 5.33. The summed E-state index contributed by atoms with van der Waals surface area (Å²) in [7, 11) is 0. The highest BCUT2D eigenvalue weighted by atomic mass is 35.5. The molecule has 1 aromatic heterocycles. The molecule has 0 fully saturated rings. The zero-order valence-corrected chi connectivity index (χ0v) is 13.5. The molecule has 0 spiro atoms. The van der Waals surface area contributed by atoms with Crippen molar-refractivity contribution in [3.63, 3.8) is 0 Å². The summed E-state index contributed by atoms with van der Waals surface area (Å²) in [4.78, 5) is 4.34. The number of hydrogen-bond acceptors (Lipinski definition) is 2. The van der Waals surface area contributed by atoms with Gasteiger partial charge >= 0.3 is 0 Å². The van der Waals surface area contributed by atoms with Crippen molar-refractivity contribution in [3.05, 3.63) is 58.7 Å². The first kappa shape index (κ1) is 15.7. The van der Waals surface area contributed by atoms with Crippen LogP contribution in [0, 0.1) is 6.92 Å². The molecule has 0 amide bonds. The smallest absolute Gasteiger partial charge is 0.171 e. The van der Waals surface area contributed by atoms with Crippen molar-refractivity contribution in [1.82, 2.24) is 10.3 Å². The van der Waals surface area contributed by atoms with Crippen molar-refractivity contribution < 1.29 is 0 Å². The first-order chi connectivity index (χ1) is 10.1. The number of aryl methyl sites for hydroxylation is 2. The van der Waals surface area contributed by atoms with Gasteiger partial charge in [-0.25, -0.2) is 4.98 Å². The second-order valence-electron chi connectivity index (χ2n) is 4.74. The third-order valence-electron chi connectivity index (χ3n) is 3.00. The zero-order chi connectivity index (χ0) is 15.1. The van der Waals surface area contributed by atoms with Crippen molar-refractivity contribution in [2.45, 2.75) is 19.8 Å². The number of halogens is 1. The van der Waals surface area contributed by atoms with Crippen LogP contribution in [0.25, 0.3) is 0 Å². The predicted octanol–water partition coefficient (Wildman–Crippen LogP) is 3.96. The van der Waals surface area contributed by atoms with E-state index in [9.17, 15) is 0 Å². The summed E-state index contributed by atoms with van der Waals surface area (Å²) in [6, 6.07) is 13.7. The van der Waals surface area contributed by atoms with Gasteiger partial charge in [0.15, 0.2) is 5.11 Å². The maximum absolute atomic E-state index is 6.12. The van der Waals surface area contributed by atoms with Crippen LogP contribution in [0.5, 0.6) is 0 Å². The van der Waals surface area contributed by atoms with E-state index in [-0.39, 0.29) is 0 Å². The van der Waals surface area contributed by atoms with E-state index < -0.39 is 0 Å². The molecule has 0 saturated carbocycles. The van der Waals surface area contributed by atoms with Gasteiger partial charge in [-0.05, 0) is 55.7 Å². The van der Waals surface area contributed by atoms with Crippen LogP contribution < -0.4 is 10.6 Å². The molecule has 3 nitrogen and oxygen atoms in total. The number of thiocarbonyl (C=S) groups is 1. The number of hydrogen-bond donors (Lipinski definition) is 2. The average molecular weight is 320 g/mol. The maximum atomic E-state index is 6.12. The van der Waals surface area contributed by atoms with Crippen molar-refractivity contribution >= 4 is 34.7 Å². The van der Waals surface area contributed by atoms with Gasteiger partial charge in [0, 0.05) is 17.3 Å². The molecular formula is C16H18ClN3S. The van der Waals surface area contributed by atoms with Crippen LogP contribution in [0.1, 0.15) is 17.7 Å². The van der Waals surface area contributed by atoms with Gasteiger partial charge in [0.1, 0.15) is 5.82 Å². The lowest BCUT2D eigenvalue weighted by Gasteiger charge is -2.10. The molecule has 0 aliphatic rings. The van der Waals surface area contributed by atoms with Crippen molar-refractivity contribution in [2.75, 3.05) is 11.9 Å². The number of rotatable bonds is 5. The Morgan fingerprint density at radius 2 is 2.00 bits per heavy atom. The normalized spacial score (nSPS) is 10.2. The minimum Gasteiger partial charge on any atom is -0.362 e. The SMILES string of the molecule is Cc1cccc(NC(=S)NCCCc2ccccc2Cl)n1. The second kappa shape index (κ2) is 7.96. The maximum Gasteiger partial charge on any atom is 0.171 e.